The van der Waals surface area contributed by atoms with E-state index in [4.69, 9.17) is 4.74 Å². The summed E-state index contributed by atoms with van der Waals surface area (Å²) in [5.41, 5.74) is 0.504. The van der Waals surface area contributed by atoms with E-state index >= 15 is 0 Å². The summed E-state index contributed by atoms with van der Waals surface area (Å²) < 4.78 is 6.21. The molecule has 4 rings (SSSR count). The molecule has 1 aromatic rings. The average molecular weight is 422 g/mol. The van der Waals surface area contributed by atoms with Gasteiger partial charge in [0.15, 0.2) is 0 Å². The van der Waals surface area contributed by atoms with Crippen molar-refractivity contribution in [2.24, 2.45) is 5.92 Å². The highest BCUT2D eigenvalue weighted by molar-refractivity contribution is 9.10. The number of piperidine rings is 1. The molecule has 7 heteroatoms. The van der Waals surface area contributed by atoms with Crippen molar-refractivity contribution in [3.05, 3.63) is 22.3 Å². The van der Waals surface area contributed by atoms with Crippen LogP contribution in [0.3, 0.4) is 0 Å². The number of pyridine rings is 1. The lowest BCUT2D eigenvalue weighted by atomic mass is 10.1. The normalized spacial score (nSPS) is 27.1. The van der Waals surface area contributed by atoms with Gasteiger partial charge in [0.1, 0.15) is 22.1 Å². The third-order valence-corrected chi connectivity index (χ3v) is 5.60. The van der Waals surface area contributed by atoms with E-state index in [0.29, 0.717) is 28.7 Å². The van der Waals surface area contributed by atoms with Gasteiger partial charge in [-0.3, -0.25) is 9.69 Å². The molecule has 2 saturated carbocycles. The first kappa shape index (κ1) is 17.8. The fraction of sp³-hybridized carbons (Fsp3) is 0.632. The van der Waals surface area contributed by atoms with Crippen LogP contribution in [0, 0.1) is 5.92 Å². The lowest BCUT2D eigenvalue weighted by Crippen LogP contribution is -2.47. The van der Waals surface area contributed by atoms with Gasteiger partial charge in [0.25, 0.3) is 0 Å². The first-order valence-electron chi connectivity index (χ1n) is 9.21. The van der Waals surface area contributed by atoms with Crippen LogP contribution in [0.2, 0.25) is 0 Å². The van der Waals surface area contributed by atoms with Crippen molar-refractivity contribution < 1.29 is 14.3 Å². The molecule has 1 saturated heterocycles. The van der Waals surface area contributed by atoms with Crippen molar-refractivity contribution in [3.63, 3.8) is 0 Å². The van der Waals surface area contributed by atoms with Gasteiger partial charge in [-0.1, -0.05) is 6.07 Å². The number of nitrogens with one attached hydrogen (secondary N) is 1. The smallest absolute Gasteiger partial charge is 0.411 e. The van der Waals surface area contributed by atoms with Crippen LogP contribution in [0.5, 0.6) is 0 Å². The molecule has 3 fully saturated rings. The van der Waals surface area contributed by atoms with Crippen molar-refractivity contribution in [1.82, 2.24) is 9.88 Å². The summed E-state index contributed by atoms with van der Waals surface area (Å²) in [7, 11) is 0. The molecule has 0 aromatic carbocycles. The average Bonchev–Trinajstić information content (AvgIpc) is 3.44. The first-order chi connectivity index (χ1) is 12.2. The van der Waals surface area contributed by atoms with Crippen LogP contribution in [-0.4, -0.2) is 39.6 Å². The maximum atomic E-state index is 13.0. The second kappa shape index (κ2) is 6.22. The molecule has 2 heterocycles. The fourth-order valence-corrected chi connectivity index (χ4v) is 4.05. The molecule has 2 aliphatic carbocycles. The van der Waals surface area contributed by atoms with Crippen LogP contribution in [-0.2, 0) is 9.53 Å². The molecule has 2 unspecified atom stereocenters. The largest absolute Gasteiger partial charge is 0.444 e. The Kier molecular flexibility index (Phi) is 4.25. The van der Waals surface area contributed by atoms with Gasteiger partial charge >= 0.3 is 6.09 Å². The van der Waals surface area contributed by atoms with E-state index in [1.165, 1.54) is 0 Å². The summed E-state index contributed by atoms with van der Waals surface area (Å²) in [6.07, 6.45) is 3.52. The SMILES string of the molecule is CC(C)(C)OC(=O)N1C2CC2C[C@H]1C(=O)Nc1nc(Br)ccc1C1CC1. The van der Waals surface area contributed by atoms with E-state index in [9.17, 15) is 9.59 Å². The lowest BCUT2D eigenvalue weighted by molar-refractivity contribution is -0.121. The summed E-state index contributed by atoms with van der Waals surface area (Å²) >= 11 is 3.38. The summed E-state index contributed by atoms with van der Waals surface area (Å²) in [5, 5.41) is 2.97. The van der Waals surface area contributed by atoms with Gasteiger partial charge in [-0.25, -0.2) is 9.78 Å². The Morgan fingerprint density at radius 1 is 1.27 bits per heavy atom. The third kappa shape index (κ3) is 3.59. The second-order valence-electron chi connectivity index (χ2n) is 8.54. The van der Waals surface area contributed by atoms with E-state index in [0.717, 1.165) is 24.8 Å². The Morgan fingerprint density at radius 3 is 2.65 bits per heavy atom. The standard InChI is InChI=1S/C19H24BrN3O3/c1-19(2,3)26-18(25)23-13-8-11(13)9-14(23)17(24)22-16-12(10-4-5-10)6-7-15(20)21-16/h6-7,10-11,13-14H,4-5,8-9H2,1-3H3,(H,21,22,24)/t11?,13?,14-/m0/s1. The lowest BCUT2D eigenvalue weighted by Gasteiger charge is -2.30. The van der Waals surface area contributed by atoms with Gasteiger partial charge in [0, 0.05) is 6.04 Å². The summed E-state index contributed by atoms with van der Waals surface area (Å²) in [4.78, 5) is 31.7. The topological polar surface area (TPSA) is 71.5 Å². The maximum absolute atomic E-state index is 13.0. The molecule has 2 amide bonds. The molecule has 1 aromatic heterocycles. The van der Waals surface area contributed by atoms with Crippen molar-refractivity contribution >= 4 is 33.7 Å². The number of nitrogens with zero attached hydrogens (tertiary/aromatic N) is 2. The minimum absolute atomic E-state index is 0.138. The monoisotopic (exact) mass is 421 g/mol. The molecule has 0 spiro atoms. The number of hydrogen-bond acceptors (Lipinski definition) is 4. The number of rotatable bonds is 3. The first-order valence-corrected chi connectivity index (χ1v) is 10.0. The van der Waals surface area contributed by atoms with E-state index in [2.05, 4.69) is 26.2 Å². The number of carbonyl (C=O) groups excluding carboxylic acids is 2. The Hall–Kier alpha value is -1.63. The number of likely N-dealkylation sites (tertiary alicyclic amines) is 1. The van der Waals surface area contributed by atoms with E-state index in [1.807, 2.05) is 32.9 Å². The van der Waals surface area contributed by atoms with Crippen LogP contribution in [0.25, 0.3) is 0 Å². The highest BCUT2D eigenvalue weighted by atomic mass is 79.9. The molecule has 140 valence electrons. The number of carbonyl (C=O) groups is 2. The van der Waals surface area contributed by atoms with Crippen LogP contribution in [0.15, 0.2) is 16.7 Å². The Balaban J connectivity index is 1.51. The maximum Gasteiger partial charge on any atom is 0.411 e. The number of hydrogen-bond donors (Lipinski definition) is 1. The third-order valence-electron chi connectivity index (χ3n) is 5.16. The fourth-order valence-electron chi connectivity index (χ4n) is 3.74. The number of anilines is 1. The summed E-state index contributed by atoms with van der Waals surface area (Å²) in [6.45, 7) is 5.52. The van der Waals surface area contributed by atoms with Gasteiger partial charge in [-0.2, -0.15) is 0 Å². The zero-order valence-electron chi connectivity index (χ0n) is 15.3. The van der Waals surface area contributed by atoms with Crippen molar-refractivity contribution in [2.45, 2.75) is 70.1 Å². The highest BCUT2D eigenvalue weighted by Crippen LogP contribution is 2.49. The molecule has 3 aliphatic rings. The molecule has 1 N–H and O–H groups in total. The molecule has 6 nitrogen and oxygen atoms in total. The van der Waals surface area contributed by atoms with Gasteiger partial charge in [-0.15, -0.1) is 0 Å². The van der Waals surface area contributed by atoms with E-state index in [1.54, 1.807) is 4.90 Å². The van der Waals surface area contributed by atoms with Crippen LogP contribution in [0.1, 0.15) is 57.9 Å². The molecular weight excluding hydrogens is 398 g/mol. The predicted molar refractivity (Wildman–Crippen MR) is 101 cm³/mol. The van der Waals surface area contributed by atoms with Gasteiger partial charge in [0.2, 0.25) is 5.91 Å². The van der Waals surface area contributed by atoms with E-state index < -0.39 is 17.7 Å². The number of halogens is 1. The molecule has 0 radical (unpaired) electrons. The van der Waals surface area contributed by atoms with Gasteiger partial charge in [0.05, 0.1) is 0 Å². The molecule has 3 atom stereocenters. The summed E-state index contributed by atoms with van der Waals surface area (Å²) in [6, 6.07) is 3.57. The quantitative estimate of drug-likeness (QED) is 0.746. The Labute approximate surface area is 161 Å². The minimum Gasteiger partial charge on any atom is -0.444 e. The number of aromatic nitrogens is 1. The molecule has 1 aliphatic heterocycles. The van der Waals surface area contributed by atoms with Gasteiger partial charge < -0.3 is 10.1 Å². The Morgan fingerprint density at radius 2 is 2.00 bits per heavy atom. The second-order valence-corrected chi connectivity index (χ2v) is 9.35. The predicted octanol–water partition coefficient (Wildman–Crippen LogP) is 4.06. The van der Waals surface area contributed by atoms with Crippen molar-refractivity contribution in [2.75, 3.05) is 5.32 Å². The molecular formula is C19H24BrN3O3. The van der Waals surface area contributed by atoms with Crippen LogP contribution < -0.4 is 5.32 Å². The minimum atomic E-state index is -0.573. The number of amides is 2. The Bertz CT molecular complexity index is 757. The number of ether oxygens (including phenoxy) is 1. The van der Waals surface area contributed by atoms with Crippen LogP contribution >= 0.6 is 15.9 Å². The molecule has 0 bridgehead atoms. The number of fused-ring (bicyclic) bond motifs is 1. The van der Waals surface area contributed by atoms with Crippen molar-refractivity contribution in [3.8, 4) is 0 Å². The zero-order valence-corrected chi connectivity index (χ0v) is 16.9. The summed E-state index contributed by atoms with van der Waals surface area (Å²) in [5.74, 6) is 1.33. The zero-order chi connectivity index (χ0) is 18.6. The van der Waals surface area contributed by atoms with Gasteiger partial charge in [-0.05, 0) is 85.9 Å². The van der Waals surface area contributed by atoms with Crippen molar-refractivity contribution in [1.29, 1.82) is 0 Å². The molecule has 26 heavy (non-hydrogen) atoms. The van der Waals surface area contributed by atoms with E-state index in [-0.39, 0.29) is 11.9 Å². The van der Waals surface area contributed by atoms with Crippen LogP contribution in [0.4, 0.5) is 10.6 Å². The highest BCUT2D eigenvalue weighted by Gasteiger charge is 2.57.